The maximum absolute atomic E-state index is 11.4. The fourth-order valence-corrected chi connectivity index (χ4v) is 1.56. The SMILES string of the molecule is O=C(OOc1nc2ccccc2o1)Oc1ccccc1. The average molecular weight is 271 g/mol. The highest BCUT2D eigenvalue weighted by Crippen LogP contribution is 2.20. The van der Waals surface area contributed by atoms with Crippen LogP contribution in [0, 0.1) is 0 Å². The fourth-order valence-electron chi connectivity index (χ4n) is 1.56. The Hall–Kier alpha value is -3.02. The molecule has 100 valence electrons. The van der Waals surface area contributed by atoms with Gasteiger partial charge in [-0.15, -0.1) is 0 Å². The maximum Gasteiger partial charge on any atom is 0.555 e. The summed E-state index contributed by atoms with van der Waals surface area (Å²) in [6, 6.07) is 15.5. The summed E-state index contributed by atoms with van der Waals surface area (Å²) in [5, 5.41) is 0. The molecule has 6 heteroatoms. The largest absolute Gasteiger partial charge is 0.555 e. The summed E-state index contributed by atoms with van der Waals surface area (Å²) in [4.78, 5) is 24.4. The Morgan fingerprint density at radius 1 is 1.00 bits per heavy atom. The van der Waals surface area contributed by atoms with E-state index in [0.717, 1.165) is 0 Å². The summed E-state index contributed by atoms with van der Waals surface area (Å²) in [7, 11) is 0. The molecule has 2 aromatic carbocycles. The Kier molecular flexibility index (Phi) is 3.20. The highest BCUT2D eigenvalue weighted by atomic mass is 17.2. The second-order valence-corrected chi connectivity index (χ2v) is 3.78. The normalized spacial score (nSPS) is 10.2. The highest BCUT2D eigenvalue weighted by molar-refractivity contribution is 5.72. The molecule has 0 spiro atoms. The number of aromatic nitrogens is 1. The van der Waals surface area contributed by atoms with Gasteiger partial charge in [-0.05, 0) is 24.3 Å². The number of rotatable bonds is 3. The van der Waals surface area contributed by atoms with Gasteiger partial charge < -0.3 is 9.15 Å². The van der Waals surface area contributed by atoms with Crippen LogP contribution in [0.1, 0.15) is 0 Å². The molecular formula is C14H9NO5. The van der Waals surface area contributed by atoms with Gasteiger partial charge >= 0.3 is 12.2 Å². The Labute approximate surface area is 113 Å². The van der Waals surface area contributed by atoms with Crippen LogP contribution in [0.3, 0.4) is 0 Å². The van der Waals surface area contributed by atoms with E-state index < -0.39 is 6.16 Å². The van der Waals surface area contributed by atoms with Crippen LogP contribution in [-0.4, -0.2) is 11.1 Å². The van der Waals surface area contributed by atoms with Crippen molar-refractivity contribution in [2.24, 2.45) is 0 Å². The number of benzene rings is 2. The number of hydrogen-bond acceptors (Lipinski definition) is 6. The predicted molar refractivity (Wildman–Crippen MR) is 68.2 cm³/mol. The topological polar surface area (TPSA) is 70.8 Å². The van der Waals surface area contributed by atoms with Gasteiger partial charge in [-0.1, -0.05) is 30.3 Å². The van der Waals surface area contributed by atoms with E-state index in [1.807, 2.05) is 0 Å². The highest BCUT2D eigenvalue weighted by Gasteiger charge is 2.12. The molecule has 0 saturated heterocycles. The summed E-state index contributed by atoms with van der Waals surface area (Å²) in [6.45, 7) is 0. The zero-order valence-electron chi connectivity index (χ0n) is 10.2. The monoisotopic (exact) mass is 271 g/mol. The summed E-state index contributed by atoms with van der Waals surface area (Å²) in [6.07, 6.45) is -1.19. The molecule has 0 amide bonds. The van der Waals surface area contributed by atoms with Crippen LogP contribution in [0.25, 0.3) is 11.1 Å². The van der Waals surface area contributed by atoms with Crippen molar-refractivity contribution in [1.29, 1.82) is 0 Å². The lowest BCUT2D eigenvalue weighted by molar-refractivity contribution is -0.174. The first kappa shape index (κ1) is 12.0. The van der Waals surface area contributed by atoms with Gasteiger partial charge in [0.1, 0.15) is 11.3 Å². The Morgan fingerprint density at radius 3 is 2.55 bits per heavy atom. The standard InChI is InChI=1S/C14H9NO5/c16-14(17-10-6-2-1-3-7-10)20-19-13-15-11-8-4-5-9-12(11)18-13/h1-9H. The zero-order valence-corrected chi connectivity index (χ0v) is 10.2. The summed E-state index contributed by atoms with van der Waals surface area (Å²) in [5.41, 5.74) is 1.13. The molecule has 3 aromatic rings. The molecule has 20 heavy (non-hydrogen) atoms. The molecule has 0 aliphatic heterocycles. The molecule has 0 N–H and O–H groups in total. The second kappa shape index (κ2) is 5.31. The van der Waals surface area contributed by atoms with E-state index in [1.165, 1.54) is 0 Å². The first-order chi connectivity index (χ1) is 9.81. The van der Waals surface area contributed by atoms with Crippen molar-refractivity contribution in [1.82, 2.24) is 4.98 Å². The van der Waals surface area contributed by atoms with Crippen molar-refractivity contribution in [2.45, 2.75) is 0 Å². The number of carbonyl (C=O) groups excluding carboxylic acids is 1. The smallest absolute Gasteiger partial charge is 0.406 e. The van der Waals surface area contributed by atoms with Crippen LogP contribution < -0.4 is 9.62 Å². The summed E-state index contributed by atoms with van der Waals surface area (Å²) >= 11 is 0. The van der Waals surface area contributed by atoms with Crippen LogP contribution >= 0.6 is 0 Å². The number of carbonyl (C=O) groups is 1. The van der Waals surface area contributed by atoms with Crippen molar-refractivity contribution in [2.75, 3.05) is 0 Å². The van der Waals surface area contributed by atoms with Gasteiger partial charge in [0, 0.05) is 0 Å². The third-order valence-corrected chi connectivity index (χ3v) is 2.40. The van der Waals surface area contributed by atoms with Crippen LogP contribution in [0.5, 0.6) is 11.8 Å². The Bertz CT molecular complexity index is 690. The third-order valence-electron chi connectivity index (χ3n) is 2.40. The molecular weight excluding hydrogens is 262 g/mol. The third kappa shape index (κ3) is 2.69. The molecule has 1 heterocycles. The van der Waals surface area contributed by atoms with Crippen molar-refractivity contribution < 1.29 is 23.7 Å². The first-order valence-corrected chi connectivity index (χ1v) is 5.78. The van der Waals surface area contributed by atoms with E-state index in [1.54, 1.807) is 54.6 Å². The lowest BCUT2D eigenvalue weighted by atomic mass is 10.3. The van der Waals surface area contributed by atoms with Crippen LogP contribution in [0.15, 0.2) is 59.0 Å². The van der Waals surface area contributed by atoms with Gasteiger partial charge in [-0.2, -0.15) is 9.78 Å². The van der Waals surface area contributed by atoms with E-state index >= 15 is 0 Å². The van der Waals surface area contributed by atoms with Crippen molar-refractivity contribution >= 4 is 17.3 Å². The molecule has 0 saturated carbocycles. The van der Waals surface area contributed by atoms with Gasteiger partial charge in [0.05, 0.1) is 0 Å². The number of hydrogen-bond donors (Lipinski definition) is 0. The van der Waals surface area contributed by atoms with E-state index in [0.29, 0.717) is 16.8 Å². The van der Waals surface area contributed by atoms with Gasteiger partial charge in [0.15, 0.2) is 5.58 Å². The molecule has 0 aliphatic rings. The van der Waals surface area contributed by atoms with Crippen LogP contribution in [-0.2, 0) is 4.89 Å². The number of fused-ring (bicyclic) bond motifs is 1. The van der Waals surface area contributed by atoms with Crippen molar-refractivity contribution in [3.05, 3.63) is 54.6 Å². The minimum absolute atomic E-state index is 0.170. The second-order valence-electron chi connectivity index (χ2n) is 3.78. The van der Waals surface area contributed by atoms with Crippen LogP contribution in [0.4, 0.5) is 4.79 Å². The molecule has 3 rings (SSSR count). The fraction of sp³-hybridized carbons (Fsp3) is 0. The number of ether oxygens (including phenoxy) is 1. The molecule has 0 fully saturated rings. The van der Waals surface area contributed by atoms with E-state index in [4.69, 9.17) is 9.15 Å². The summed E-state index contributed by atoms with van der Waals surface area (Å²) < 4.78 is 10.1. The average Bonchev–Trinajstić information content (AvgIpc) is 2.89. The van der Waals surface area contributed by atoms with Gasteiger partial charge in [0.25, 0.3) is 0 Å². The summed E-state index contributed by atoms with van der Waals surface area (Å²) in [5.74, 6) is 0.346. The van der Waals surface area contributed by atoms with Crippen molar-refractivity contribution in [3.63, 3.8) is 0 Å². The number of nitrogens with zero attached hydrogens (tertiary/aromatic N) is 1. The predicted octanol–water partition coefficient (Wildman–Crippen LogP) is 3.34. The van der Waals surface area contributed by atoms with Gasteiger partial charge in [-0.25, -0.2) is 9.78 Å². The minimum atomic E-state index is -1.02. The maximum atomic E-state index is 11.4. The molecule has 6 nitrogen and oxygen atoms in total. The van der Waals surface area contributed by atoms with Gasteiger partial charge in [-0.3, -0.25) is 0 Å². The Balaban J connectivity index is 1.60. The van der Waals surface area contributed by atoms with E-state index in [-0.39, 0.29) is 6.08 Å². The Morgan fingerprint density at radius 2 is 1.75 bits per heavy atom. The molecule has 0 aliphatic carbocycles. The van der Waals surface area contributed by atoms with Gasteiger partial charge in [0.2, 0.25) is 0 Å². The number of oxazole rings is 1. The van der Waals surface area contributed by atoms with E-state index in [2.05, 4.69) is 14.8 Å². The molecule has 0 atom stereocenters. The van der Waals surface area contributed by atoms with Crippen molar-refractivity contribution in [3.8, 4) is 11.8 Å². The zero-order chi connectivity index (χ0) is 13.8. The lowest BCUT2D eigenvalue weighted by Gasteiger charge is -2.01. The quantitative estimate of drug-likeness (QED) is 0.315. The lowest BCUT2D eigenvalue weighted by Crippen LogP contribution is -2.13. The van der Waals surface area contributed by atoms with E-state index in [9.17, 15) is 4.79 Å². The molecule has 0 bridgehead atoms. The van der Waals surface area contributed by atoms with Crippen LogP contribution in [0.2, 0.25) is 0 Å². The minimum Gasteiger partial charge on any atom is -0.406 e. The molecule has 1 aromatic heterocycles. The first-order valence-electron chi connectivity index (χ1n) is 5.78. The number of para-hydroxylation sites is 3. The molecule has 0 radical (unpaired) electrons. The molecule has 0 unspecified atom stereocenters.